The first kappa shape index (κ1) is 18.8. The Morgan fingerprint density at radius 2 is 1.56 bits per heavy atom. The summed E-state index contributed by atoms with van der Waals surface area (Å²) in [7, 11) is 4.79. The van der Waals surface area contributed by atoms with Gasteiger partial charge in [0.1, 0.15) is 5.75 Å². The van der Waals surface area contributed by atoms with Gasteiger partial charge in [-0.05, 0) is 37.1 Å². The van der Waals surface area contributed by atoms with Crippen LogP contribution in [0, 0.1) is 0 Å². The molecule has 0 saturated heterocycles. The lowest BCUT2D eigenvalue weighted by Gasteiger charge is -2.13. The summed E-state index contributed by atoms with van der Waals surface area (Å²) >= 11 is 0. The Balaban J connectivity index is 1.83. The number of ether oxygens (including phenoxy) is 6. The lowest BCUT2D eigenvalue weighted by Crippen LogP contribution is -1.96. The summed E-state index contributed by atoms with van der Waals surface area (Å²) in [6.45, 7) is 2.79. The maximum atomic E-state index is 5.74. The lowest BCUT2D eigenvalue weighted by molar-refractivity contribution is 0.173. The topological polar surface area (TPSA) is 55.4 Å². The molecule has 2 aromatic carbocycles. The van der Waals surface area contributed by atoms with Crippen molar-refractivity contribution in [1.29, 1.82) is 0 Å². The molecule has 144 valence electrons. The quantitative estimate of drug-likeness (QED) is 0.696. The summed E-state index contributed by atoms with van der Waals surface area (Å²) < 4.78 is 32.8. The predicted molar refractivity (Wildman–Crippen MR) is 103 cm³/mol. The highest BCUT2D eigenvalue weighted by Crippen LogP contribution is 2.40. The van der Waals surface area contributed by atoms with Crippen LogP contribution in [0.3, 0.4) is 0 Å². The number of methoxy groups -OCH3 is 3. The molecule has 0 bridgehead atoms. The molecule has 0 radical (unpaired) electrons. The van der Waals surface area contributed by atoms with E-state index < -0.39 is 0 Å². The van der Waals surface area contributed by atoms with Gasteiger partial charge >= 0.3 is 0 Å². The van der Waals surface area contributed by atoms with E-state index in [1.807, 2.05) is 37.3 Å². The SMILES string of the molecule is CCOc1cc2c(cc1CC=Cc1cc(OC)c(OC)c(OC)c1)OCO2. The monoisotopic (exact) mass is 372 g/mol. The molecule has 6 heteroatoms. The van der Waals surface area contributed by atoms with Crippen LogP contribution in [0.4, 0.5) is 0 Å². The summed E-state index contributed by atoms with van der Waals surface area (Å²) in [5, 5.41) is 0. The normalized spacial score (nSPS) is 12.3. The van der Waals surface area contributed by atoms with Gasteiger partial charge in [0.2, 0.25) is 12.5 Å². The van der Waals surface area contributed by atoms with Gasteiger partial charge < -0.3 is 28.4 Å². The molecule has 1 aliphatic rings. The van der Waals surface area contributed by atoms with Gasteiger partial charge in [-0.2, -0.15) is 0 Å². The van der Waals surface area contributed by atoms with Crippen LogP contribution in [-0.2, 0) is 6.42 Å². The molecule has 0 saturated carbocycles. The van der Waals surface area contributed by atoms with Crippen molar-refractivity contribution in [3.8, 4) is 34.5 Å². The zero-order valence-electron chi connectivity index (χ0n) is 16.0. The Labute approximate surface area is 159 Å². The second-order valence-electron chi connectivity index (χ2n) is 5.81. The van der Waals surface area contributed by atoms with Crippen molar-refractivity contribution in [3.05, 3.63) is 41.5 Å². The lowest BCUT2D eigenvalue weighted by atomic mass is 10.1. The number of allylic oxidation sites excluding steroid dienone is 1. The van der Waals surface area contributed by atoms with Crippen molar-refractivity contribution in [2.45, 2.75) is 13.3 Å². The summed E-state index contributed by atoms with van der Waals surface area (Å²) in [5.74, 6) is 4.08. The van der Waals surface area contributed by atoms with Crippen LogP contribution in [0.1, 0.15) is 18.1 Å². The van der Waals surface area contributed by atoms with Crippen LogP contribution >= 0.6 is 0 Å². The molecule has 0 spiro atoms. The second kappa shape index (κ2) is 8.58. The fourth-order valence-electron chi connectivity index (χ4n) is 2.93. The predicted octanol–water partition coefficient (Wildman–Crippen LogP) is 4.10. The van der Waals surface area contributed by atoms with Gasteiger partial charge in [0, 0.05) is 11.6 Å². The molecule has 0 aliphatic carbocycles. The van der Waals surface area contributed by atoms with E-state index in [0.717, 1.165) is 28.4 Å². The summed E-state index contributed by atoms with van der Waals surface area (Å²) in [6.07, 6.45) is 4.74. The summed E-state index contributed by atoms with van der Waals surface area (Å²) in [4.78, 5) is 0. The molecule has 6 nitrogen and oxygen atoms in total. The molecule has 2 aromatic rings. The molecular weight excluding hydrogens is 348 g/mol. The molecule has 0 fully saturated rings. The maximum absolute atomic E-state index is 5.74. The van der Waals surface area contributed by atoms with Crippen molar-refractivity contribution in [3.63, 3.8) is 0 Å². The van der Waals surface area contributed by atoms with E-state index in [1.54, 1.807) is 21.3 Å². The highest BCUT2D eigenvalue weighted by Gasteiger charge is 2.17. The highest BCUT2D eigenvalue weighted by atomic mass is 16.7. The second-order valence-corrected chi connectivity index (χ2v) is 5.81. The van der Waals surface area contributed by atoms with Crippen molar-refractivity contribution in [2.75, 3.05) is 34.7 Å². The number of hydrogen-bond acceptors (Lipinski definition) is 6. The molecule has 27 heavy (non-hydrogen) atoms. The van der Waals surface area contributed by atoms with Crippen molar-refractivity contribution >= 4 is 6.08 Å². The number of rotatable bonds is 8. The third-order valence-corrected chi connectivity index (χ3v) is 4.19. The standard InChI is InChI=1S/C21H24O6/c1-5-25-16-12-18-17(26-13-27-18)11-15(16)8-6-7-14-9-19(22-2)21(24-4)20(10-14)23-3/h6-7,9-12H,5,8,13H2,1-4H3. The van der Waals surface area contributed by atoms with Crippen LogP contribution in [0.2, 0.25) is 0 Å². The van der Waals surface area contributed by atoms with Gasteiger partial charge in [0.15, 0.2) is 23.0 Å². The highest BCUT2D eigenvalue weighted by molar-refractivity contribution is 5.62. The fourth-order valence-corrected chi connectivity index (χ4v) is 2.93. The largest absolute Gasteiger partial charge is 0.493 e. The van der Waals surface area contributed by atoms with Gasteiger partial charge in [-0.1, -0.05) is 12.2 Å². The minimum absolute atomic E-state index is 0.242. The minimum Gasteiger partial charge on any atom is -0.493 e. The Bertz CT molecular complexity index is 803. The molecule has 0 unspecified atom stereocenters. The Kier molecular flexibility index (Phi) is 5.96. The van der Waals surface area contributed by atoms with Gasteiger partial charge in [0.05, 0.1) is 27.9 Å². The Hall–Kier alpha value is -3.02. The molecular formula is C21H24O6. The van der Waals surface area contributed by atoms with Crippen LogP contribution in [0.25, 0.3) is 6.08 Å². The Morgan fingerprint density at radius 3 is 2.15 bits per heavy atom. The first-order chi connectivity index (χ1) is 13.2. The van der Waals surface area contributed by atoms with Gasteiger partial charge in [-0.25, -0.2) is 0 Å². The van der Waals surface area contributed by atoms with Crippen LogP contribution < -0.4 is 28.4 Å². The zero-order chi connectivity index (χ0) is 19.2. The molecule has 0 amide bonds. The number of hydrogen-bond donors (Lipinski definition) is 0. The van der Waals surface area contributed by atoms with E-state index in [-0.39, 0.29) is 6.79 Å². The first-order valence-electron chi connectivity index (χ1n) is 8.72. The molecule has 0 N–H and O–H groups in total. The Morgan fingerprint density at radius 1 is 0.889 bits per heavy atom. The van der Waals surface area contributed by atoms with Gasteiger partial charge in [-0.15, -0.1) is 0 Å². The van der Waals surface area contributed by atoms with Gasteiger partial charge in [0.25, 0.3) is 0 Å². The molecule has 1 aliphatic heterocycles. The number of fused-ring (bicyclic) bond motifs is 1. The van der Waals surface area contributed by atoms with Crippen LogP contribution in [-0.4, -0.2) is 34.7 Å². The molecule has 0 aromatic heterocycles. The van der Waals surface area contributed by atoms with Gasteiger partial charge in [-0.3, -0.25) is 0 Å². The van der Waals surface area contributed by atoms with E-state index in [2.05, 4.69) is 6.08 Å². The first-order valence-corrected chi connectivity index (χ1v) is 8.72. The third-order valence-electron chi connectivity index (χ3n) is 4.19. The molecule has 1 heterocycles. The maximum Gasteiger partial charge on any atom is 0.231 e. The summed E-state index contributed by atoms with van der Waals surface area (Å²) in [6, 6.07) is 7.66. The summed E-state index contributed by atoms with van der Waals surface area (Å²) in [5.41, 5.74) is 1.98. The van der Waals surface area contributed by atoms with Crippen LogP contribution in [0.5, 0.6) is 34.5 Å². The van der Waals surface area contributed by atoms with Crippen molar-refractivity contribution < 1.29 is 28.4 Å². The van der Waals surface area contributed by atoms with Crippen molar-refractivity contribution in [1.82, 2.24) is 0 Å². The van der Waals surface area contributed by atoms with E-state index in [1.165, 1.54) is 0 Å². The third kappa shape index (κ3) is 4.05. The fraction of sp³-hybridized carbons (Fsp3) is 0.333. The zero-order valence-corrected chi connectivity index (χ0v) is 16.0. The average Bonchev–Trinajstić information content (AvgIpc) is 3.14. The minimum atomic E-state index is 0.242. The molecule has 0 atom stereocenters. The van der Waals surface area contributed by atoms with E-state index >= 15 is 0 Å². The van der Waals surface area contributed by atoms with E-state index in [0.29, 0.717) is 30.3 Å². The smallest absolute Gasteiger partial charge is 0.231 e. The van der Waals surface area contributed by atoms with Crippen molar-refractivity contribution in [2.24, 2.45) is 0 Å². The number of benzene rings is 2. The average molecular weight is 372 g/mol. The van der Waals surface area contributed by atoms with E-state index in [4.69, 9.17) is 28.4 Å². The molecule has 3 rings (SSSR count). The van der Waals surface area contributed by atoms with Crippen LogP contribution in [0.15, 0.2) is 30.3 Å². The van der Waals surface area contributed by atoms with E-state index in [9.17, 15) is 0 Å².